The SMILES string of the molecule is COc1cc([C@H]2c3sc(=O)[nH]c3SC3C4CC(C5C(=O)N(c6ccc(Br)cc6)C(=O)C45)C32)ccc1OCC(=O)Nc1cccc(C)c1. The Morgan fingerprint density at radius 1 is 1.00 bits per heavy atom. The van der Waals surface area contributed by atoms with Crippen molar-refractivity contribution in [1.29, 1.82) is 0 Å². The number of ether oxygens (including phenoxy) is 2. The van der Waals surface area contributed by atoms with E-state index in [1.165, 1.54) is 16.2 Å². The number of aryl methyl sites for hydroxylation is 1. The summed E-state index contributed by atoms with van der Waals surface area (Å²) in [5.74, 6) is -0.525. The molecule has 2 bridgehead atoms. The number of H-pyrrole nitrogens is 1. The van der Waals surface area contributed by atoms with E-state index in [9.17, 15) is 19.2 Å². The number of halogens is 1. The zero-order chi connectivity index (χ0) is 32.6. The lowest BCUT2D eigenvalue weighted by molar-refractivity contribution is -0.123. The van der Waals surface area contributed by atoms with Crippen LogP contribution < -0.4 is 24.6 Å². The van der Waals surface area contributed by atoms with Crippen LogP contribution in [0.5, 0.6) is 11.5 Å². The predicted octanol–water partition coefficient (Wildman–Crippen LogP) is 6.21. The second kappa shape index (κ2) is 11.7. The molecule has 8 rings (SSSR count). The van der Waals surface area contributed by atoms with Gasteiger partial charge in [0.05, 0.1) is 29.7 Å². The van der Waals surface area contributed by atoms with Crippen LogP contribution in [0, 0.1) is 36.5 Å². The lowest BCUT2D eigenvalue weighted by Crippen LogP contribution is -2.42. The van der Waals surface area contributed by atoms with Crippen LogP contribution in [0.1, 0.15) is 28.3 Å². The molecule has 0 radical (unpaired) electrons. The van der Waals surface area contributed by atoms with E-state index in [0.29, 0.717) is 22.9 Å². The molecule has 7 atom stereocenters. The minimum atomic E-state index is -0.394. The monoisotopic (exact) mass is 731 g/mol. The topological polar surface area (TPSA) is 118 Å². The molecule has 0 spiro atoms. The Kier molecular flexibility index (Phi) is 7.57. The maximum absolute atomic E-state index is 14.0. The lowest BCUT2D eigenvalue weighted by atomic mass is 9.68. The highest BCUT2D eigenvalue weighted by Crippen LogP contribution is 2.68. The number of carbonyl (C=O) groups is 3. The second-order valence-corrected chi connectivity index (χ2v) is 15.7. The molecule has 1 aromatic heterocycles. The van der Waals surface area contributed by atoms with Crippen LogP contribution in [0.15, 0.2) is 81.0 Å². The zero-order valence-electron chi connectivity index (χ0n) is 25.4. The molecule has 2 aliphatic carbocycles. The first-order valence-electron chi connectivity index (χ1n) is 15.4. The van der Waals surface area contributed by atoms with E-state index in [4.69, 9.17) is 9.47 Å². The number of rotatable bonds is 7. The standard InChI is InChI=1S/C35H30BrN3O6S2/c1-16-4-3-5-19(12-16)37-25(40)15-45-23-11-6-17(13-24(23)44-2)26-27-21-14-22(30(27)46-32-31(26)47-35(43)38-32)29-28(21)33(41)39(34(29)42)20-9-7-18(36)8-10-20/h3-13,21-22,26-30H,14-15H2,1-2H3,(H,37,40)(H,38,43)/t21?,22?,26-,27?,28?,29?,30?/m1/s1. The summed E-state index contributed by atoms with van der Waals surface area (Å²) in [4.78, 5) is 58.5. The first kappa shape index (κ1) is 30.5. The number of nitrogens with one attached hydrogen (secondary N) is 2. The van der Waals surface area contributed by atoms with Gasteiger partial charge in [0.15, 0.2) is 18.1 Å². The van der Waals surface area contributed by atoms with E-state index < -0.39 is 5.92 Å². The first-order valence-corrected chi connectivity index (χ1v) is 17.9. The normalized spacial score (nSPS) is 27.0. The Hall–Kier alpha value is -3.87. The maximum atomic E-state index is 14.0. The number of imide groups is 1. The number of anilines is 2. The number of carbonyl (C=O) groups excluding carboxylic acids is 3. The molecule has 1 saturated heterocycles. The lowest BCUT2D eigenvalue weighted by Gasteiger charge is -2.43. The van der Waals surface area contributed by atoms with Crippen LogP contribution in [0.2, 0.25) is 0 Å². The minimum absolute atomic E-state index is 0.0120. The van der Waals surface area contributed by atoms with Crippen LogP contribution in [0.4, 0.5) is 11.4 Å². The summed E-state index contributed by atoms with van der Waals surface area (Å²) in [5.41, 5.74) is 3.27. The number of hydrogen-bond donors (Lipinski definition) is 2. The number of aromatic amines is 1. The molecular weight excluding hydrogens is 702 g/mol. The Balaban J connectivity index is 1.09. The van der Waals surface area contributed by atoms with Crippen molar-refractivity contribution in [3.8, 4) is 11.5 Å². The highest BCUT2D eigenvalue weighted by atomic mass is 79.9. The summed E-state index contributed by atoms with van der Waals surface area (Å²) >= 11 is 6.30. The van der Waals surface area contributed by atoms with Gasteiger partial charge in [-0.1, -0.05) is 45.5 Å². The number of hydrogen-bond acceptors (Lipinski definition) is 8. The van der Waals surface area contributed by atoms with Gasteiger partial charge in [-0.3, -0.25) is 24.1 Å². The molecule has 6 unspecified atom stereocenters. The van der Waals surface area contributed by atoms with Gasteiger partial charge in [0, 0.05) is 26.2 Å². The zero-order valence-corrected chi connectivity index (χ0v) is 28.6. The Morgan fingerprint density at radius 3 is 2.51 bits per heavy atom. The van der Waals surface area contributed by atoms with Crippen LogP contribution in [-0.2, 0) is 14.4 Å². The van der Waals surface area contributed by atoms with E-state index in [-0.39, 0.29) is 64.0 Å². The number of methoxy groups -OCH3 is 1. The van der Waals surface area contributed by atoms with Gasteiger partial charge >= 0.3 is 4.87 Å². The molecule has 3 heterocycles. The van der Waals surface area contributed by atoms with Crippen molar-refractivity contribution < 1.29 is 23.9 Å². The highest BCUT2D eigenvalue weighted by Gasteiger charge is 2.69. The number of thioether (sulfide) groups is 1. The van der Waals surface area contributed by atoms with Crippen LogP contribution >= 0.6 is 39.0 Å². The fraction of sp³-hybridized carbons (Fsp3) is 0.314. The number of benzene rings is 3. The molecule has 47 heavy (non-hydrogen) atoms. The predicted molar refractivity (Wildman–Crippen MR) is 183 cm³/mol. The van der Waals surface area contributed by atoms with E-state index in [0.717, 1.165) is 31.9 Å². The molecule has 3 fully saturated rings. The van der Waals surface area contributed by atoms with Crippen LogP contribution in [-0.4, -0.2) is 41.7 Å². The highest BCUT2D eigenvalue weighted by molar-refractivity contribution is 9.10. The van der Waals surface area contributed by atoms with Crippen molar-refractivity contribution in [3.05, 3.63) is 96.9 Å². The smallest absolute Gasteiger partial charge is 0.305 e. The summed E-state index contributed by atoms with van der Waals surface area (Å²) in [6.07, 6.45) is 0.799. The van der Waals surface area contributed by atoms with E-state index in [1.54, 1.807) is 37.1 Å². The Morgan fingerprint density at radius 2 is 1.77 bits per heavy atom. The van der Waals surface area contributed by atoms with Crippen LogP contribution in [0.3, 0.4) is 0 Å². The number of nitrogens with zero attached hydrogens (tertiary/aromatic N) is 1. The van der Waals surface area contributed by atoms with Crippen molar-refractivity contribution in [2.45, 2.75) is 29.5 Å². The number of amides is 3. The fourth-order valence-corrected chi connectivity index (χ4v) is 11.4. The molecular formula is C35H30BrN3O6S2. The molecule has 2 N–H and O–H groups in total. The van der Waals surface area contributed by atoms with Crippen molar-refractivity contribution in [3.63, 3.8) is 0 Å². The Labute approximate surface area is 287 Å². The van der Waals surface area contributed by atoms with Gasteiger partial charge < -0.3 is 19.8 Å². The van der Waals surface area contributed by atoms with Gasteiger partial charge in [0.2, 0.25) is 11.8 Å². The van der Waals surface area contributed by atoms with Crippen molar-refractivity contribution >= 4 is 68.1 Å². The molecule has 12 heteroatoms. The van der Waals surface area contributed by atoms with Gasteiger partial charge in [-0.15, -0.1) is 11.8 Å². The third-order valence-electron chi connectivity index (χ3n) is 10.0. The third-order valence-corrected chi connectivity index (χ3v) is 13.1. The van der Waals surface area contributed by atoms with Crippen molar-refractivity contribution in [1.82, 2.24) is 4.98 Å². The molecule has 2 aliphatic heterocycles. The molecule has 4 aromatic rings. The number of thiazole rings is 1. The van der Waals surface area contributed by atoms with Crippen molar-refractivity contribution in [2.75, 3.05) is 23.9 Å². The summed E-state index contributed by atoms with van der Waals surface area (Å²) < 4.78 is 12.5. The number of fused-ring (bicyclic) bond motifs is 9. The summed E-state index contributed by atoms with van der Waals surface area (Å²) in [7, 11) is 1.56. The van der Waals surface area contributed by atoms with E-state index in [2.05, 4.69) is 26.2 Å². The molecule has 3 amide bonds. The third kappa shape index (κ3) is 5.03. The second-order valence-electron chi connectivity index (χ2n) is 12.6. The average molecular weight is 733 g/mol. The molecule has 9 nitrogen and oxygen atoms in total. The summed E-state index contributed by atoms with van der Waals surface area (Å²) in [6.45, 7) is 1.76. The fourth-order valence-electron chi connectivity index (χ4n) is 8.29. The quantitative estimate of drug-likeness (QED) is 0.217. The van der Waals surface area contributed by atoms with Gasteiger partial charge in [0.25, 0.3) is 5.91 Å². The molecule has 4 aliphatic rings. The molecule has 2 saturated carbocycles. The van der Waals surface area contributed by atoms with Gasteiger partial charge in [-0.25, -0.2) is 0 Å². The largest absolute Gasteiger partial charge is 0.493 e. The Bertz CT molecular complexity index is 1990. The molecule has 240 valence electrons. The van der Waals surface area contributed by atoms with Gasteiger partial charge in [-0.05, 0) is 90.8 Å². The van der Waals surface area contributed by atoms with Gasteiger partial charge in [-0.2, -0.15) is 0 Å². The van der Waals surface area contributed by atoms with E-state index >= 15 is 0 Å². The van der Waals surface area contributed by atoms with E-state index in [1.807, 2.05) is 55.5 Å². The minimum Gasteiger partial charge on any atom is -0.493 e. The first-order chi connectivity index (χ1) is 22.7. The average Bonchev–Trinajstić information content (AvgIpc) is 3.79. The molecule has 3 aromatic carbocycles. The summed E-state index contributed by atoms with van der Waals surface area (Å²) in [6, 6.07) is 20.5. The maximum Gasteiger partial charge on any atom is 0.305 e. The van der Waals surface area contributed by atoms with Crippen molar-refractivity contribution in [2.24, 2.45) is 29.6 Å². The van der Waals surface area contributed by atoms with Gasteiger partial charge in [0.1, 0.15) is 0 Å². The van der Waals surface area contributed by atoms with Crippen LogP contribution in [0.25, 0.3) is 0 Å². The summed E-state index contributed by atoms with van der Waals surface area (Å²) in [5, 5.41) is 3.76. The number of aromatic nitrogens is 1.